The van der Waals surface area contributed by atoms with E-state index in [1.54, 1.807) is 24.3 Å². The fourth-order valence-corrected chi connectivity index (χ4v) is 3.82. The van der Waals surface area contributed by atoms with E-state index in [0.29, 0.717) is 22.6 Å². The van der Waals surface area contributed by atoms with Gasteiger partial charge in [0.15, 0.2) is 0 Å². The van der Waals surface area contributed by atoms with Gasteiger partial charge in [0.25, 0.3) is 0 Å². The van der Waals surface area contributed by atoms with Crippen LogP contribution in [0.25, 0.3) is 0 Å². The molecule has 2 N–H and O–H groups in total. The van der Waals surface area contributed by atoms with Gasteiger partial charge in [-0.2, -0.15) is 5.10 Å². The van der Waals surface area contributed by atoms with Crippen molar-refractivity contribution in [3.63, 3.8) is 0 Å². The molecule has 0 amide bonds. The maximum Gasteiger partial charge on any atom is 0.143 e. The van der Waals surface area contributed by atoms with Gasteiger partial charge in [0.2, 0.25) is 0 Å². The van der Waals surface area contributed by atoms with Gasteiger partial charge < -0.3 is 10.2 Å². The van der Waals surface area contributed by atoms with Gasteiger partial charge in [0.1, 0.15) is 29.7 Å². The molecule has 0 aliphatic heterocycles. The molecule has 0 saturated carbocycles. The van der Waals surface area contributed by atoms with Crippen molar-refractivity contribution in [3.05, 3.63) is 83.2 Å². The summed E-state index contributed by atoms with van der Waals surface area (Å²) in [6, 6.07) is 12.4. The van der Waals surface area contributed by atoms with Crippen molar-refractivity contribution in [1.82, 2.24) is 14.8 Å². The molecule has 1 heterocycles. The summed E-state index contributed by atoms with van der Waals surface area (Å²) in [7, 11) is 0. The van der Waals surface area contributed by atoms with E-state index >= 15 is 0 Å². The second kappa shape index (κ2) is 8.39. The lowest BCUT2D eigenvalue weighted by molar-refractivity contribution is -0.180. The molecule has 0 fully saturated rings. The molecule has 3 aromatic rings. The average Bonchev–Trinajstić information content (AvgIpc) is 3.19. The largest absolute Gasteiger partial charge is 0.382 e. The van der Waals surface area contributed by atoms with Gasteiger partial charge in [0.05, 0.1) is 6.54 Å². The van der Waals surface area contributed by atoms with Crippen molar-refractivity contribution in [2.75, 3.05) is 0 Å². The molecular formula is C21H23ClFN3O2. The summed E-state index contributed by atoms with van der Waals surface area (Å²) in [5.74, 6) is -0.417. The lowest BCUT2D eigenvalue weighted by atomic mass is 9.70. The summed E-state index contributed by atoms with van der Waals surface area (Å²) in [5.41, 5.74) is -2.78. The first-order valence-corrected chi connectivity index (χ1v) is 9.57. The molecule has 0 aliphatic rings. The van der Waals surface area contributed by atoms with Gasteiger partial charge in [0, 0.05) is 10.6 Å². The predicted molar refractivity (Wildman–Crippen MR) is 105 cm³/mol. The Morgan fingerprint density at radius 1 is 1.07 bits per heavy atom. The Balaban J connectivity index is 2.21. The molecule has 0 unspecified atom stereocenters. The zero-order valence-electron chi connectivity index (χ0n) is 15.6. The van der Waals surface area contributed by atoms with Gasteiger partial charge in [-0.15, -0.1) is 0 Å². The van der Waals surface area contributed by atoms with Crippen molar-refractivity contribution >= 4 is 11.6 Å². The van der Waals surface area contributed by atoms with Crippen LogP contribution >= 0.6 is 11.6 Å². The number of aromatic nitrogens is 3. The van der Waals surface area contributed by atoms with Gasteiger partial charge in [-0.1, -0.05) is 61.7 Å². The highest BCUT2D eigenvalue weighted by molar-refractivity contribution is 6.31. The standard InChI is InChI=1S/C21H23ClFN3O2/c1-2-3-12-20(27,16-8-10-17(23)11-9-16)21(28,13-26-15-24-14-25-26)18-6-4-5-7-19(18)22/h4-11,14-15,27-28H,2-3,12-13H2,1H3/t20-,21+/m1/s1. The molecular weight excluding hydrogens is 381 g/mol. The van der Waals surface area contributed by atoms with E-state index < -0.39 is 17.0 Å². The second-order valence-corrected chi connectivity index (χ2v) is 7.31. The van der Waals surface area contributed by atoms with Crippen LogP contribution in [0.4, 0.5) is 4.39 Å². The van der Waals surface area contributed by atoms with Crippen LogP contribution in [0.2, 0.25) is 5.02 Å². The van der Waals surface area contributed by atoms with E-state index in [1.165, 1.54) is 41.6 Å². The molecule has 148 valence electrons. The third-order valence-electron chi connectivity index (χ3n) is 5.07. The highest BCUT2D eigenvalue weighted by Crippen LogP contribution is 2.47. The van der Waals surface area contributed by atoms with Gasteiger partial charge in [-0.05, 0) is 30.2 Å². The molecule has 1 aromatic heterocycles. The maximum atomic E-state index is 13.5. The van der Waals surface area contributed by atoms with E-state index in [0.717, 1.165) is 6.42 Å². The monoisotopic (exact) mass is 403 g/mol. The minimum absolute atomic E-state index is 0.0751. The number of unbranched alkanes of at least 4 members (excludes halogenated alkanes) is 1. The summed E-state index contributed by atoms with van der Waals surface area (Å²) >= 11 is 6.43. The van der Waals surface area contributed by atoms with Crippen molar-refractivity contribution in [1.29, 1.82) is 0 Å². The van der Waals surface area contributed by atoms with Gasteiger partial charge in [-0.3, -0.25) is 0 Å². The van der Waals surface area contributed by atoms with Gasteiger partial charge >= 0.3 is 0 Å². The molecule has 0 radical (unpaired) electrons. The molecule has 5 nitrogen and oxygen atoms in total. The van der Waals surface area contributed by atoms with Crippen LogP contribution < -0.4 is 0 Å². The summed E-state index contributed by atoms with van der Waals surface area (Å²) in [5, 5.41) is 28.3. The number of aliphatic hydroxyl groups is 2. The molecule has 0 aliphatic carbocycles. The van der Waals surface area contributed by atoms with Crippen LogP contribution in [0.5, 0.6) is 0 Å². The third kappa shape index (κ3) is 3.81. The zero-order chi connectivity index (χ0) is 20.2. The highest BCUT2D eigenvalue weighted by atomic mass is 35.5. The Labute approximate surface area is 168 Å². The van der Waals surface area contributed by atoms with E-state index in [9.17, 15) is 14.6 Å². The lowest BCUT2D eigenvalue weighted by Gasteiger charge is -2.45. The number of hydrogen-bond acceptors (Lipinski definition) is 4. The fourth-order valence-electron chi connectivity index (χ4n) is 3.53. The Morgan fingerprint density at radius 2 is 1.79 bits per heavy atom. The number of benzene rings is 2. The number of halogens is 2. The lowest BCUT2D eigenvalue weighted by Crippen LogP contribution is -2.52. The average molecular weight is 404 g/mol. The van der Waals surface area contributed by atoms with Crippen LogP contribution in [0.1, 0.15) is 37.3 Å². The Kier molecular flexibility index (Phi) is 6.13. The Hall–Kier alpha value is -2.28. The first-order chi connectivity index (χ1) is 13.4. The van der Waals surface area contributed by atoms with Crippen LogP contribution in [0, 0.1) is 5.82 Å². The molecule has 2 atom stereocenters. The van der Waals surface area contributed by atoms with Crippen molar-refractivity contribution in [2.45, 2.75) is 43.9 Å². The van der Waals surface area contributed by atoms with Gasteiger partial charge in [-0.25, -0.2) is 14.1 Å². The third-order valence-corrected chi connectivity index (χ3v) is 5.40. The molecule has 0 saturated heterocycles. The molecule has 0 bridgehead atoms. The topological polar surface area (TPSA) is 71.2 Å². The second-order valence-electron chi connectivity index (χ2n) is 6.90. The minimum Gasteiger partial charge on any atom is -0.382 e. The highest BCUT2D eigenvalue weighted by Gasteiger charge is 2.52. The summed E-state index contributed by atoms with van der Waals surface area (Å²) < 4.78 is 15.0. The van der Waals surface area contributed by atoms with Crippen LogP contribution in [-0.2, 0) is 17.7 Å². The van der Waals surface area contributed by atoms with E-state index in [-0.39, 0.29) is 13.0 Å². The smallest absolute Gasteiger partial charge is 0.143 e. The first kappa shape index (κ1) is 20.5. The summed E-state index contributed by atoms with van der Waals surface area (Å²) in [6.45, 7) is 1.92. The summed E-state index contributed by atoms with van der Waals surface area (Å²) in [4.78, 5) is 3.93. The molecule has 7 heteroatoms. The maximum absolute atomic E-state index is 13.5. The van der Waals surface area contributed by atoms with Crippen molar-refractivity contribution in [3.8, 4) is 0 Å². The first-order valence-electron chi connectivity index (χ1n) is 9.19. The van der Waals surface area contributed by atoms with Crippen LogP contribution in [0.3, 0.4) is 0 Å². The minimum atomic E-state index is -1.83. The van der Waals surface area contributed by atoms with Crippen LogP contribution in [-0.4, -0.2) is 25.0 Å². The van der Waals surface area contributed by atoms with Crippen molar-refractivity contribution < 1.29 is 14.6 Å². The fraction of sp³-hybridized carbons (Fsp3) is 0.333. The number of rotatable bonds is 8. The Bertz CT molecular complexity index is 904. The Morgan fingerprint density at radius 3 is 2.39 bits per heavy atom. The summed E-state index contributed by atoms with van der Waals surface area (Å²) in [6.07, 6.45) is 4.54. The van der Waals surface area contributed by atoms with E-state index in [4.69, 9.17) is 11.6 Å². The van der Waals surface area contributed by atoms with E-state index in [2.05, 4.69) is 10.1 Å². The SMILES string of the molecule is CCCC[C@@](O)(c1ccc(F)cc1)[C@](O)(Cn1cncn1)c1ccccc1Cl. The normalized spacial score (nSPS) is 15.8. The van der Waals surface area contributed by atoms with Crippen molar-refractivity contribution in [2.24, 2.45) is 0 Å². The van der Waals surface area contributed by atoms with Crippen LogP contribution in [0.15, 0.2) is 61.2 Å². The molecule has 0 spiro atoms. The van der Waals surface area contributed by atoms with E-state index in [1.807, 2.05) is 6.92 Å². The number of nitrogens with zero attached hydrogens (tertiary/aromatic N) is 3. The number of hydrogen-bond donors (Lipinski definition) is 2. The molecule has 3 rings (SSSR count). The molecule has 2 aromatic carbocycles. The predicted octanol–water partition coefficient (Wildman–Crippen LogP) is 4.04. The zero-order valence-corrected chi connectivity index (χ0v) is 16.3. The molecule has 28 heavy (non-hydrogen) atoms. The quantitative estimate of drug-likeness (QED) is 0.595.